The summed E-state index contributed by atoms with van der Waals surface area (Å²) in [5.74, 6) is -2.52. The molecule has 2 aromatic carbocycles. The third-order valence-electron chi connectivity index (χ3n) is 5.04. The van der Waals surface area contributed by atoms with Crippen LogP contribution in [0, 0.1) is 0 Å². The van der Waals surface area contributed by atoms with Gasteiger partial charge in [-0.2, -0.15) is 0 Å². The van der Waals surface area contributed by atoms with E-state index in [1.165, 1.54) is 29.6 Å². The first-order valence-corrected chi connectivity index (χ1v) is 10.7. The Bertz CT molecular complexity index is 1210. The molecule has 10 nitrogen and oxygen atoms in total. The van der Waals surface area contributed by atoms with Gasteiger partial charge >= 0.3 is 12.0 Å². The molecule has 2 heterocycles. The summed E-state index contributed by atoms with van der Waals surface area (Å²) < 4.78 is 0. The highest BCUT2D eigenvalue weighted by Gasteiger charge is 2.45. The van der Waals surface area contributed by atoms with Crippen molar-refractivity contribution in [3.63, 3.8) is 0 Å². The van der Waals surface area contributed by atoms with Gasteiger partial charge in [0.05, 0.1) is 0 Å². The van der Waals surface area contributed by atoms with E-state index in [0.717, 1.165) is 21.8 Å². The number of thiazole rings is 1. The monoisotopic (exact) mass is 466 g/mol. The largest absolute Gasteiger partial charge is 0.508 e. The van der Waals surface area contributed by atoms with Crippen LogP contribution in [0.25, 0.3) is 0 Å². The van der Waals surface area contributed by atoms with Gasteiger partial charge in [-0.15, -0.1) is 11.3 Å². The molecule has 1 aliphatic heterocycles. The molecule has 4 rings (SSSR count). The number of imide groups is 1. The van der Waals surface area contributed by atoms with Crippen molar-refractivity contribution in [2.75, 3.05) is 5.32 Å². The predicted molar refractivity (Wildman–Crippen MR) is 118 cm³/mol. The third kappa shape index (κ3) is 4.67. The molecule has 168 valence electrons. The molecule has 4 amide bonds. The number of carboxylic acids is 1. The average molecular weight is 466 g/mol. The zero-order chi connectivity index (χ0) is 23.5. The predicted octanol–water partition coefficient (Wildman–Crippen LogP) is 2.39. The molecule has 4 N–H and O–H groups in total. The van der Waals surface area contributed by atoms with Crippen molar-refractivity contribution in [1.29, 1.82) is 0 Å². The molecule has 0 radical (unpaired) electrons. The Morgan fingerprint density at radius 2 is 1.82 bits per heavy atom. The maximum absolute atomic E-state index is 13.2. The van der Waals surface area contributed by atoms with Crippen LogP contribution in [-0.2, 0) is 16.0 Å². The van der Waals surface area contributed by atoms with E-state index in [0.29, 0.717) is 5.56 Å². The van der Waals surface area contributed by atoms with Crippen LogP contribution in [0.5, 0.6) is 5.75 Å². The molecule has 1 aliphatic rings. The Labute approximate surface area is 191 Å². The molecule has 2 atom stereocenters. The van der Waals surface area contributed by atoms with Crippen LogP contribution in [-0.4, -0.2) is 50.0 Å². The number of amides is 4. The number of hydrogen-bond acceptors (Lipinski definition) is 7. The second-order valence-corrected chi connectivity index (χ2v) is 8.08. The van der Waals surface area contributed by atoms with Gasteiger partial charge in [0.25, 0.3) is 5.91 Å². The molecule has 11 heteroatoms. The second kappa shape index (κ2) is 9.09. The molecule has 0 aliphatic carbocycles. The molecule has 33 heavy (non-hydrogen) atoms. The van der Waals surface area contributed by atoms with Crippen molar-refractivity contribution in [2.24, 2.45) is 0 Å². The van der Waals surface area contributed by atoms with Crippen molar-refractivity contribution in [3.05, 3.63) is 76.8 Å². The number of aromatic carboxylic acids is 1. The lowest BCUT2D eigenvalue weighted by Gasteiger charge is -2.24. The third-order valence-corrected chi connectivity index (χ3v) is 5.79. The number of carbonyl (C=O) groups excluding carboxylic acids is 3. The number of carbonyl (C=O) groups is 4. The molecular formula is C22H18N4O6S. The summed E-state index contributed by atoms with van der Waals surface area (Å²) in [6.45, 7) is 0. The highest BCUT2D eigenvalue weighted by atomic mass is 32.1. The smallest absolute Gasteiger partial charge is 0.355 e. The number of benzene rings is 2. The first-order chi connectivity index (χ1) is 15.8. The summed E-state index contributed by atoms with van der Waals surface area (Å²) in [4.78, 5) is 54.9. The van der Waals surface area contributed by atoms with Gasteiger partial charge in [-0.25, -0.2) is 19.5 Å². The molecule has 0 spiro atoms. The van der Waals surface area contributed by atoms with E-state index < -0.39 is 35.9 Å². The van der Waals surface area contributed by atoms with E-state index in [2.05, 4.69) is 15.6 Å². The van der Waals surface area contributed by atoms with Crippen LogP contribution in [0.4, 0.5) is 9.93 Å². The first-order valence-electron chi connectivity index (χ1n) is 9.79. The molecule has 1 saturated heterocycles. The van der Waals surface area contributed by atoms with Gasteiger partial charge in [0.1, 0.15) is 17.8 Å². The van der Waals surface area contributed by atoms with Gasteiger partial charge < -0.3 is 20.8 Å². The van der Waals surface area contributed by atoms with Crippen molar-refractivity contribution in [3.8, 4) is 5.75 Å². The topological polar surface area (TPSA) is 149 Å². The second-order valence-electron chi connectivity index (χ2n) is 7.22. The fraction of sp³-hybridized carbons (Fsp3) is 0.136. The molecule has 3 aromatic rings. The van der Waals surface area contributed by atoms with Crippen molar-refractivity contribution < 1.29 is 29.4 Å². The SMILES string of the molecule is O=C(O)c1csc(NC(=O)[C@H](Cc2ccccc2)N2C(=O)NC(c3ccc(O)cc3)C2=O)n1. The minimum absolute atomic E-state index is 0.0119. The Hall–Kier alpha value is -4.25. The number of urea groups is 1. The highest BCUT2D eigenvalue weighted by Crippen LogP contribution is 2.27. The minimum atomic E-state index is -1.24. The number of hydrogen-bond donors (Lipinski definition) is 4. The van der Waals surface area contributed by atoms with E-state index in [9.17, 15) is 24.3 Å². The number of aromatic nitrogens is 1. The zero-order valence-electron chi connectivity index (χ0n) is 17.0. The number of anilines is 1. The fourth-order valence-corrected chi connectivity index (χ4v) is 4.13. The fourth-order valence-electron chi connectivity index (χ4n) is 3.44. The van der Waals surface area contributed by atoms with Gasteiger partial charge in [-0.1, -0.05) is 42.5 Å². The van der Waals surface area contributed by atoms with Crippen LogP contribution in [0.3, 0.4) is 0 Å². The number of nitrogens with zero attached hydrogens (tertiary/aromatic N) is 2. The van der Waals surface area contributed by atoms with Gasteiger partial charge in [-0.05, 0) is 23.3 Å². The zero-order valence-corrected chi connectivity index (χ0v) is 17.8. The normalized spacial score (nSPS) is 16.4. The van der Waals surface area contributed by atoms with E-state index in [1.54, 1.807) is 30.3 Å². The number of carboxylic acid groups (broad SMARTS) is 1. The maximum Gasteiger partial charge on any atom is 0.355 e. The van der Waals surface area contributed by atoms with Gasteiger partial charge in [0.15, 0.2) is 10.8 Å². The van der Waals surface area contributed by atoms with Gasteiger partial charge in [-0.3, -0.25) is 9.59 Å². The summed E-state index contributed by atoms with van der Waals surface area (Å²) in [7, 11) is 0. The first kappa shape index (κ1) is 22.0. The molecule has 1 aromatic heterocycles. The van der Waals surface area contributed by atoms with Crippen molar-refractivity contribution in [2.45, 2.75) is 18.5 Å². The van der Waals surface area contributed by atoms with Crippen LogP contribution >= 0.6 is 11.3 Å². The van der Waals surface area contributed by atoms with Crippen molar-refractivity contribution >= 4 is 40.3 Å². The maximum atomic E-state index is 13.2. The van der Waals surface area contributed by atoms with Gasteiger partial charge in [0.2, 0.25) is 5.91 Å². The van der Waals surface area contributed by atoms with Crippen LogP contribution in [0.2, 0.25) is 0 Å². The van der Waals surface area contributed by atoms with E-state index in [1.807, 2.05) is 0 Å². The quantitative estimate of drug-likeness (QED) is 0.391. The summed E-state index contributed by atoms with van der Waals surface area (Å²) in [5.41, 5.74) is 0.951. The summed E-state index contributed by atoms with van der Waals surface area (Å²) in [5, 5.41) is 24.9. The lowest BCUT2D eigenvalue weighted by atomic mass is 10.0. The number of aromatic hydroxyl groups is 1. The molecule has 0 bridgehead atoms. The Morgan fingerprint density at radius 1 is 1.12 bits per heavy atom. The van der Waals surface area contributed by atoms with E-state index >= 15 is 0 Å². The van der Waals surface area contributed by atoms with Crippen LogP contribution < -0.4 is 10.6 Å². The van der Waals surface area contributed by atoms with Crippen LogP contribution in [0.1, 0.15) is 27.7 Å². The summed E-state index contributed by atoms with van der Waals surface area (Å²) in [6, 6.07) is 11.7. The number of rotatable bonds is 7. The summed E-state index contributed by atoms with van der Waals surface area (Å²) in [6.07, 6.45) is 0.0469. The average Bonchev–Trinajstić information content (AvgIpc) is 3.38. The number of phenols is 1. The molecule has 1 fully saturated rings. The van der Waals surface area contributed by atoms with Crippen molar-refractivity contribution in [1.82, 2.24) is 15.2 Å². The number of phenolic OH excluding ortho intramolecular Hbond substituents is 1. The number of nitrogens with one attached hydrogen (secondary N) is 2. The Morgan fingerprint density at radius 3 is 2.45 bits per heavy atom. The standard InChI is InChI=1S/C22H18N4O6S/c27-14-8-6-13(7-9-14)17-19(29)26(22(32)24-17)16(10-12-4-2-1-3-5-12)18(28)25-21-23-15(11-33-21)20(30)31/h1-9,11,16-17,27H,10H2,(H,24,32)(H,30,31)(H,23,25,28)/t16-,17?/m0/s1. The lowest BCUT2D eigenvalue weighted by molar-refractivity contribution is -0.134. The summed E-state index contributed by atoms with van der Waals surface area (Å²) >= 11 is 0.921. The van der Waals surface area contributed by atoms with E-state index in [4.69, 9.17) is 5.11 Å². The highest BCUT2D eigenvalue weighted by molar-refractivity contribution is 7.14. The Balaban J connectivity index is 1.62. The van der Waals surface area contributed by atoms with Gasteiger partial charge in [0, 0.05) is 11.8 Å². The molecule has 1 unspecified atom stereocenters. The minimum Gasteiger partial charge on any atom is -0.508 e. The Kier molecular flexibility index (Phi) is 6.05. The molecule has 0 saturated carbocycles. The lowest BCUT2D eigenvalue weighted by Crippen LogP contribution is -2.49. The van der Waals surface area contributed by atoms with Crippen LogP contribution in [0.15, 0.2) is 60.0 Å². The molecular weight excluding hydrogens is 448 g/mol. The van der Waals surface area contributed by atoms with E-state index in [-0.39, 0.29) is 23.0 Å².